The topological polar surface area (TPSA) is 29.1 Å². The molecule has 2 aliphatic rings. The van der Waals surface area contributed by atoms with Gasteiger partial charge in [-0.2, -0.15) is 0 Å². The molecule has 2 aliphatic carbocycles. The SMILES string of the molecule is CC12C=C(C(=O)NCc3ccccc3)C(C=C1c1ccccc1)C2(C)C. The summed E-state index contributed by atoms with van der Waals surface area (Å²) in [6.45, 7) is 7.38. The third-order valence-corrected chi connectivity index (χ3v) is 6.43. The van der Waals surface area contributed by atoms with Crippen LogP contribution in [0.5, 0.6) is 0 Å². The number of benzene rings is 2. The van der Waals surface area contributed by atoms with Crippen molar-refractivity contribution in [2.24, 2.45) is 16.7 Å². The van der Waals surface area contributed by atoms with Crippen LogP contribution in [0, 0.1) is 16.7 Å². The molecule has 1 N–H and O–H groups in total. The standard InChI is InChI=1S/C24H25NO/c1-23(2)21-14-20(18-12-8-5-9-13-18)24(23,3)15-19(21)22(26)25-16-17-10-6-4-7-11-17/h4-15,21H,16H2,1-3H3,(H,25,26). The van der Waals surface area contributed by atoms with Gasteiger partial charge in [0.1, 0.15) is 0 Å². The molecule has 2 bridgehead atoms. The van der Waals surface area contributed by atoms with Crippen LogP contribution in [0.2, 0.25) is 0 Å². The Labute approximate surface area is 155 Å². The number of nitrogens with one attached hydrogen (secondary N) is 1. The predicted molar refractivity (Wildman–Crippen MR) is 106 cm³/mol. The highest BCUT2D eigenvalue weighted by Gasteiger charge is 2.58. The molecular weight excluding hydrogens is 318 g/mol. The van der Waals surface area contributed by atoms with Gasteiger partial charge in [-0.3, -0.25) is 4.79 Å². The van der Waals surface area contributed by atoms with Gasteiger partial charge in [0.2, 0.25) is 5.91 Å². The Morgan fingerprint density at radius 3 is 2.15 bits per heavy atom. The zero-order valence-electron chi connectivity index (χ0n) is 15.6. The molecule has 4 rings (SSSR count). The molecule has 0 fully saturated rings. The second kappa shape index (κ2) is 5.98. The fourth-order valence-electron chi connectivity index (χ4n) is 4.46. The van der Waals surface area contributed by atoms with Gasteiger partial charge in [0, 0.05) is 23.5 Å². The number of carbonyl (C=O) groups excluding carboxylic acids is 1. The summed E-state index contributed by atoms with van der Waals surface area (Å²) in [6.07, 6.45) is 4.52. The highest BCUT2D eigenvalue weighted by atomic mass is 16.1. The first-order valence-corrected chi connectivity index (χ1v) is 9.26. The molecular formula is C24H25NO. The second-order valence-corrected chi connectivity index (χ2v) is 8.12. The van der Waals surface area contributed by atoms with E-state index in [1.165, 1.54) is 11.1 Å². The highest BCUT2D eigenvalue weighted by Crippen LogP contribution is 2.66. The molecule has 0 aliphatic heterocycles. The molecule has 2 unspecified atom stereocenters. The van der Waals surface area contributed by atoms with Crippen molar-refractivity contribution in [3.63, 3.8) is 0 Å². The summed E-state index contributed by atoms with van der Waals surface area (Å²) in [7, 11) is 0. The molecule has 2 aromatic rings. The van der Waals surface area contributed by atoms with Crippen molar-refractivity contribution in [3.8, 4) is 0 Å². The van der Waals surface area contributed by atoms with Crippen LogP contribution in [0.25, 0.3) is 5.57 Å². The van der Waals surface area contributed by atoms with Gasteiger partial charge in [-0.05, 0) is 22.1 Å². The van der Waals surface area contributed by atoms with Gasteiger partial charge in [0.05, 0.1) is 0 Å². The lowest BCUT2D eigenvalue weighted by molar-refractivity contribution is -0.118. The Kier molecular flexibility index (Phi) is 3.87. The number of fused-ring (bicyclic) bond motifs is 2. The van der Waals surface area contributed by atoms with E-state index in [0.29, 0.717) is 6.54 Å². The Hall–Kier alpha value is -2.61. The lowest BCUT2D eigenvalue weighted by Crippen LogP contribution is -2.32. The second-order valence-electron chi connectivity index (χ2n) is 8.12. The van der Waals surface area contributed by atoms with Crippen LogP contribution in [-0.4, -0.2) is 5.91 Å². The maximum atomic E-state index is 12.9. The van der Waals surface area contributed by atoms with Crippen molar-refractivity contribution >= 4 is 11.5 Å². The summed E-state index contributed by atoms with van der Waals surface area (Å²) >= 11 is 0. The van der Waals surface area contributed by atoms with Gasteiger partial charge in [-0.15, -0.1) is 0 Å². The summed E-state index contributed by atoms with van der Waals surface area (Å²) in [6, 6.07) is 20.6. The predicted octanol–water partition coefficient (Wildman–Crippen LogP) is 4.99. The number of hydrogen-bond acceptors (Lipinski definition) is 1. The third-order valence-electron chi connectivity index (χ3n) is 6.43. The van der Waals surface area contributed by atoms with Crippen LogP contribution in [0.3, 0.4) is 0 Å². The lowest BCUT2D eigenvalue weighted by atomic mass is 9.66. The average molecular weight is 343 g/mol. The first-order valence-electron chi connectivity index (χ1n) is 9.26. The third kappa shape index (κ3) is 2.44. The Morgan fingerprint density at radius 2 is 1.58 bits per heavy atom. The van der Waals surface area contributed by atoms with Crippen molar-refractivity contribution in [2.75, 3.05) is 0 Å². The molecule has 2 heteroatoms. The minimum atomic E-state index is -0.127. The number of rotatable bonds is 4. The van der Waals surface area contributed by atoms with Crippen LogP contribution in [0.4, 0.5) is 0 Å². The monoisotopic (exact) mass is 343 g/mol. The first kappa shape index (κ1) is 16.8. The molecule has 2 atom stereocenters. The van der Waals surface area contributed by atoms with Gasteiger partial charge in [0.25, 0.3) is 0 Å². The van der Waals surface area contributed by atoms with Crippen LogP contribution < -0.4 is 5.32 Å². The van der Waals surface area contributed by atoms with Crippen molar-refractivity contribution in [3.05, 3.63) is 89.5 Å². The van der Waals surface area contributed by atoms with E-state index in [2.05, 4.69) is 62.5 Å². The lowest BCUT2D eigenvalue weighted by Gasteiger charge is -2.37. The van der Waals surface area contributed by atoms with Gasteiger partial charge in [-0.1, -0.05) is 93.6 Å². The van der Waals surface area contributed by atoms with Gasteiger partial charge >= 0.3 is 0 Å². The molecule has 1 amide bonds. The van der Waals surface area contributed by atoms with Crippen LogP contribution in [-0.2, 0) is 11.3 Å². The summed E-state index contributed by atoms with van der Waals surface area (Å²) in [5.41, 5.74) is 4.50. The zero-order valence-corrected chi connectivity index (χ0v) is 15.6. The Bertz CT molecular complexity index is 892. The molecule has 26 heavy (non-hydrogen) atoms. The normalized spacial score (nSPS) is 25.6. The number of allylic oxidation sites excluding steroid dienone is 3. The summed E-state index contributed by atoms with van der Waals surface area (Å²) in [5, 5.41) is 3.10. The van der Waals surface area contributed by atoms with E-state index in [1.807, 2.05) is 36.4 Å². The number of hydrogen-bond donors (Lipinski definition) is 1. The fraction of sp³-hybridized carbons (Fsp3) is 0.292. The molecule has 132 valence electrons. The first-order chi connectivity index (χ1) is 12.4. The molecule has 0 aromatic heterocycles. The van der Waals surface area contributed by atoms with Crippen LogP contribution in [0.1, 0.15) is 31.9 Å². The maximum absolute atomic E-state index is 12.9. The van der Waals surface area contributed by atoms with Crippen molar-refractivity contribution in [2.45, 2.75) is 27.3 Å². The van der Waals surface area contributed by atoms with E-state index in [0.717, 1.165) is 11.1 Å². The summed E-state index contributed by atoms with van der Waals surface area (Å²) in [5.74, 6) is 0.206. The smallest absolute Gasteiger partial charge is 0.247 e. The minimum absolute atomic E-state index is 0.00239. The van der Waals surface area contributed by atoms with Gasteiger partial charge < -0.3 is 5.32 Å². The largest absolute Gasteiger partial charge is 0.348 e. The van der Waals surface area contributed by atoms with Gasteiger partial charge in [0.15, 0.2) is 0 Å². The van der Waals surface area contributed by atoms with Crippen LogP contribution >= 0.6 is 0 Å². The quantitative estimate of drug-likeness (QED) is 0.832. The van der Waals surface area contributed by atoms with Crippen LogP contribution in [0.15, 0.2) is 78.4 Å². The molecule has 2 nitrogen and oxygen atoms in total. The van der Waals surface area contributed by atoms with E-state index in [-0.39, 0.29) is 22.7 Å². The minimum Gasteiger partial charge on any atom is -0.348 e. The van der Waals surface area contributed by atoms with E-state index in [9.17, 15) is 4.79 Å². The van der Waals surface area contributed by atoms with E-state index >= 15 is 0 Å². The van der Waals surface area contributed by atoms with E-state index in [4.69, 9.17) is 0 Å². The summed E-state index contributed by atoms with van der Waals surface area (Å²) < 4.78 is 0. The molecule has 0 spiro atoms. The molecule has 0 saturated heterocycles. The number of amides is 1. The fourth-order valence-corrected chi connectivity index (χ4v) is 4.46. The van der Waals surface area contributed by atoms with Crippen molar-refractivity contribution < 1.29 is 4.79 Å². The molecule has 0 radical (unpaired) electrons. The Morgan fingerprint density at radius 1 is 0.962 bits per heavy atom. The van der Waals surface area contributed by atoms with E-state index in [1.54, 1.807) is 0 Å². The zero-order chi connectivity index (χ0) is 18.4. The van der Waals surface area contributed by atoms with Crippen molar-refractivity contribution in [1.82, 2.24) is 5.32 Å². The van der Waals surface area contributed by atoms with Gasteiger partial charge in [-0.25, -0.2) is 0 Å². The number of carbonyl (C=O) groups is 1. The average Bonchev–Trinajstić information content (AvgIpc) is 2.99. The maximum Gasteiger partial charge on any atom is 0.247 e. The molecule has 2 aromatic carbocycles. The highest BCUT2D eigenvalue weighted by molar-refractivity contribution is 5.98. The summed E-state index contributed by atoms with van der Waals surface area (Å²) in [4.78, 5) is 12.9. The Balaban J connectivity index is 1.58. The molecule has 0 heterocycles. The van der Waals surface area contributed by atoms with E-state index < -0.39 is 0 Å². The molecule has 0 saturated carbocycles. The van der Waals surface area contributed by atoms with Crippen molar-refractivity contribution in [1.29, 1.82) is 0 Å².